The van der Waals surface area contributed by atoms with E-state index in [0.29, 0.717) is 6.04 Å². The molecule has 0 radical (unpaired) electrons. The van der Waals surface area contributed by atoms with Crippen molar-refractivity contribution in [2.75, 3.05) is 13.3 Å². The van der Waals surface area contributed by atoms with Gasteiger partial charge in [0.05, 0.1) is 6.54 Å². The molecule has 18 heavy (non-hydrogen) atoms. The van der Waals surface area contributed by atoms with Crippen LogP contribution >= 0.6 is 11.8 Å². The number of nitrogens with zero attached hydrogens (tertiary/aromatic N) is 5. The van der Waals surface area contributed by atoms with Gasteiger partial charge in [-0.2, -0.15) is 11.8 Å². The Hall–Kier alpha value is -0.620. The Balaban J connectivity index is 1.97. The van der Waals surface area contributed by atoms with E-state index in [2.05, 4.69) is 40.7 Å². The van der Waals surface area contributed by atoms with Crippen molar-refractivity contribution in [2.45, 2.75) is 57.0 Å². The van der Waals surface area contributed by atoms with Crippen molar-refractivity contribution >= 4 is 11.8 Å². The molecule has 0 N–H and O–H groups in total. The van der Waals surface area contributed by atoms with Crippen LogP contribution in [0.25, 0.3) is 0 Å². The standard InChI is InChI=1S/C12H23N5S/c1-4-8-17-12(13-14-15-17)9-16(2)10-6-5-7-11(10)18-3/h10-11H,4-9H2,1-3H3/t10-,11+/m1/s1. The average molecular weight is 269 g/mol. The lowest BCUT2D eigenvalue weighted by molar-refractivity contribution is 0.231. The summed E-state index contributed by atoms with van der Waals surface area (Å²) < 4.78 is 1.93. The number of hydrogen-bond acceptors (Lipinski definition) is 5. The monoisotopic (exact) mass is 269 g/mol. The van der Waals surface area contributed by atoms with Crippen LogP contribution in [-0.2, 0) is 13.1 Å². The highest BCUT2D eigenvalue weighted by molar-refractivity contribution is 7.99. The van der Waals surface area contributed by atoms with Crippen molar-refractivity contribution < 1.29 is 0 Å². The lowest BCUT2D eigenvalue weighted by Gasteiger charge is -2.28. The Labute approximate surface area is 113 Å². The first kappa shape index (κ1) is 13.8. The summed E-state index contributed by atoms with van der Waals surface area (Å²) in [5.74, 6) is 0.992. The molecular formula is C12H23N5S. The van der Waals surface area contributed by atoms with Gasteiger partial charge in [-0.25, -0.2) is 4.68 Å². The quantitative estimate of drug-likeness (QED) is 0.788. The molecule has 6 heteroatoms. The predicted molar refractivity (Wildman–Crippen MR) is 74.5 cm³/mol. The molecule has 5 nitrogen and oxygen atoms in total. The number of aryl methyl sites for hydroxylation is 1. The lowest BCUT2D eigenvalue weighted by atomic mass is 10.2. The Morgan fingerprint density at radius 2 is 2.28 bits per heavy atom. The van der Waals surface area contributed by atoms with Gasteiger partial charge in [0.2, 0.25) is 0 Å². The third-order valence-electron chi connectivity index (χ3n) is 3.72. The summed E-state index contributed by atoms with van der Waals surface area (Å²) >= 11 is 2.00. The summed E-state index contributed by atoms with van der Waals surface area (Å²) in [5.41, 5.74) is 0. The molecule has 1 saturated carbocycles. The molecule has 1 aromatic rings. The van der Waals surface area contributed by atoms with Crippen molar-refractivity contribution in [2.24, 2.45) is 0 Å². The van der Waals surface area contributed by atoms with E-state index in [-0.39, 0.29) is 0 Å². The van der Waals surface area contributed by atoms with Crippen LogP contribution in [0.15, 0.2) is 0 Å². The van der Waals surface area contributed by atoms with Crippen LogP contribution in [0.2, 0.25) is 0 Å². The maximum absolute atomic E-state index is 4.15. The topological polar surface area (TPSA) is 46.8 Å². The Morgan fingerprint density at radius 3 is 3.00 bits per heavy atom. The third kappa shape index (κ3) is 3.03. The van der Waals surface area contributed by atoms with Gasteiger partial charge in [-0.05, 0) is 43.0 Å². The highest BCUT2D eigenvalue weighted by atomic mass is 32.2. The van der Waals surface area contributed by atoms with Crippen molar-refractivity contribution in [3.63, 3.8) is 0 Å². The first-order valence-electron chi connectivity index (χ1n) is 6.74. The van der Waals surface area contributed by atoms with Gasteiger partial charge in [0.1, 0.15) is 0 Å². The molecule has 1 heterocycles. The summed E-state index contributed by atoms with van der Waals surface area (Å²) in [7, 11) is 2.20. The highest BCUT2D eigenvalue weighted by Crippen LogP contribution is 2.31. The van der Waals surface area contributed by atoms with Crippen LogP contribution in [0.1, 0.15) is 38.4 Å². The van der Waals surface area contributed by atoms with Gasteiger partial charge in [-0.1, -0.05) is 13.3 Å². The highest BCUT2D eigenvalue weighted by Gasteiger charge is 2.30. The summed E-state index contributed by atoms with van der Waals surface area (Å²) in [4.78, 5) is 2.42. The van der Waals surface area contributed by atoms with Crippen LogP contribution < -0.4 is 0 Å². The van der Waals surface area contributed by atoms with Crippen LogP contribution in [-0.4, -0.2) is 49.7 Å². The fourth-order valence-corrected chi connectivity index (χ4v) is 3.81. The van der Waals surface area contributed by atoms with E-state index in [1.807, 2.05) is 16.4 Å². The second kappa shape index (κ2) is 6.52. The molecule has 1 aliphatic rings. The minimum Gasteiger partial charge on any atom is -0.295 e. The van der Waals surface area contributed by atoms with Crippen LogP contribution in [0.3, 0.4) is 0 Å². The van der Waals surface area contributed by atoms with Crippen LogP contribution in [0.4, 0.5) is 0 Å². The number of hydrogen-bond donors (Lipinski definition) is 0. The number of thioether (sulfide) groups is 1. The lowest BCUT2D eigenvalue weighted by Crippen LogP contribution is -2.36. The maximum atomic E-state index is 4.15. The van der Waals surface area contributed by atoms with E-state index >= 15 is 0 Å². The summed E-state index contributed by atoms with van der Waals surface area (Å²) in [5, 5.41) is 12.8. The summed E-state index contributed by atoms with van der Waals surface area (Å²) in [6.07, 6.45) is 7.28. The molecule has 0 spiro atoms. The van der Waals surface area contributed by atoms with Gasteiger partial charge >= 0.3 is 0 Å². The molecule has 1 fully saturated rings. The predicted octanol–water partition coefficient (Wildman–Crippen LogP) is 1.80. The van der Waals surface area contributed by atoms with E-state index in [9.17, 15) is 0 Å². The first-order valence-corrected chi connectivity index (χ1v) is 8.03. The van der Waals surface area contributed by atoms with Crippen LogP contribution in [0, 0.1) is 0 Å². The molecule has 0 saturated heterocycles. The first-order chi connectivity index (χ1) is 8.76. The Morgan fingerprint density at radius 1 is 1.44 bits per heavy atom. The van der Waals surface area contributed by atoms with Gasteiger partial charge in [0.15, 0.2) is 5.82 Å². The van der Waals surface area contributed by atoms with Gasteiger partial charge in [0.25, 0.3) is 0 Å². The second-order valence-electron chi connectivity index (χ2n) is 5.01. The maximum Gasteiger partial charge on any atom is 0.165 e. The SMILES string of the molecule is CCCn1nnnc1CN(C)[C@@H]1CCC[C@@H]1SC. The van der Waals surface area contributed by atoms with E-state index in [1.54, 1.807) is 0 Å². The number of aromatic nitrogens is 4. The number of rotatable bonds is 6. The largest absolute Gasteiger partial charge is 0.295 e. The van der Waals surface area contributed by atoms with E-state index in [4.69, 9.17) is 0 Å². The smallest absolute Gasteiger partial charge is 0.165 e. The Bertz CT molecular complexity index is 367. The van der Waals surface area contributed by atoms with Gasteiger partial charge in [-0.3, -0.25) is 4.90 Å². The molecule has 0 amide bonds. The zero-order valence-electron chi connectivity index (χ0n) is 11.5. The minimum atomic E-state index is 0.673. The fourth-order valence-electron chi connectivity index (χ4n) is 2.75. The normalized spacial score (nSPS) is 24.0. The van der Waals surface area contributed by atoms with Gasteiger partial charge < -0.3 is 0 Å². The van der Waals surface area contributed by atoms with Crippen LogP contribution in [0.5, 0.6) is 0 Å². The summed E-state index contributed by atoms with van der Waals surface area (Å²) in [6.45, 7) is 3.91. The molecule has 0 aromatic carbocycles. The molecule has 102 valence electrons. The fraction of sp³-hybridized carbons (Fsp3) is 0.917. The van der Waals surface area contributed by atoms with Gasteiger partial charge in [-0.15, -0.1) is 5.10 Å². The average Bonchev–Trinajstić information content (AvgIpc) is 2.98. The molecular weight excluding hydrogens is 246 g/mol. The molecule has 1 aromatic heterocycles. The molecule has 2 atom stereocenters. The van der Waals surface area contributed by atoms with Gasteiger partial charge in [0, 0.05) is 17.8 Å². The molecule has 2 rings (SSSR count). The zero-order chi connectivity index (χ0) is 13.0. The third-order valence-corrected chi connectivity index (χ3v) is 4.87. The van der Waals surface area contributed by atoms with Crippen molar-refractivity contribution in [1.29, 1.82) is 0 Å². The Kier molecular flexibility index (Phi) is 5.00. The zero-order valence-corrected chi connectivity index (χ0v) is 12.4. The molecule has 0 aliphatic heterocycles. The minimum absolute atomic E-state index is 0.673. The van der Waals surface area contributed by atoms with E-state index in [1.165, 1.54) is 19.3 Å². The number of tetrazole rings is 1. The molecule has 1 aliphatic carbocycles. The van der Waals surface area contributed by atoms with Crippen molar-refractivity contribution in [3.05, 3.63) is 5.82 Å². The van der Waals surface area contributed by atoms with E-state index < -0.39 is 0 Å². The molecule has 0 bridgehead atoms. The van der Waals surface area contributed by atoms with E-state index in [0.717, 1.165) is 30.6 Å². The van der Waals surface area contributed by atoms with Crippen molar-refractivity contribution in [1.82, 2.24) is 25.1 Å². The summed E-state index contributed by atoms with van der Waals surface area (Å²) in [6, 6.07) is 0.673. The second-order valence-corrected chi connectivity index (χ2v) is 6.08. The van der Waals surface area contributed by atoms with Crippen molar-refractivity contribution in [3.8, 4) is 0 Å². The molecule has 0 unspecified atom stereocenters.